The van der Waals surface area contributed by atoms with Crippen LogP contribution in [0.2, 0.25) is 0 Å². The average molecular weight is 330 g/mol. The Morgan fingerprint density at radius 2 is 2.00 bits per heavy atom. The summed E-state index contributed by atoms with van der Waals surface area (Å²) in [4.78, 5) is 25.3. The molecule has 5 nitrogen and oxygen atoms in total. The molecule has 0 atom stereocenters. The highest BCUT2D eigenvalue weighted by atomic mass is 32.1. The number of carbonyl (C=O) groups excluding carboxylic acids is 2. The number of anilines is 1. The van der Waals surface area contributed by atoms with Crippen molar-refractivity contribution in [3.8, 4) is 5.75 Å². The minimum Gasteiger partial charge on any atom is -0.497 e. The third kappa shape index (κ3) is 5.27. The molecule has 0 saturated carbocycles. The van der Waals surface area contributed by atoms with Crippen LogP contribution in [-0.4, -0.2) is 37.4 Å². The number of methoxy groups -OCH3 is 1. The van der Waals surface area contributed by atoms with E-state index in [0.717, 1.165) is 5.56 Å². The molecule has 0 spiro atoms. The van der Waals surface area contributed by atoms with Gasteiger partial charge in [0.15, 0.2) is 0 Å². The number of nitrogens with zero attached hydrogens (tertiary/aromatic N) is 1. The SMILES string of the molecule is COc1ccc(NC(=O)CN(C)C(=O)/C=C/c2ccsc2)cc1. The summed E-state index contributed by atoms with van der Waals surface area (Å²) in [6, 6.07) is 8.93. The fourth-order valence-electron chi connectivity index (χ4n) is 1.83. The van der Waals surface area contributed by atoms with Gasteiger partial charge in [-0.15, -0.1) is 0 Å². The lowest BCUT2D eigenvalue weighted by Gasteiger charge is -2.15. The molecule has 1 aromatic carbocycles. The number of likely N-dealkylation sites (N-methyl/N-ethyl adjacent to an activating group) is 1. The third-order valence-electron chi connectivity index (χ3n) is 3.09. The molecule has 0 radical (unpaired) electrons. The lowest BCUT2D eigenvalue weighted by atomic mass is 10.3. The highest BCUT2D eigenvalue weighted by Crippen LogP contribution is 2.14. The lowest BCUT2D eigenvalue weighted by Crippen LogP contribution is -2.33. The molecule has 1 aromatic heterocycles. The second-order valence-electron chi connectivity index (χ2n) is 4.86. The van der Waals surface area contributed by atoms with E-state index in [2.05, 4.69) is 5.32 Å². The normalized spacial score (nSPS) is 10.5. The molecule has 2 aromatic rings. The van der Waals surface area contributed by atoms with Crippen LogP contribution in [0, 0.1) is 0 Å². The topological polar surface area (TPSA) is 58.6 Å². The van der Waals surface area contributed by atoms with Crippen LogP contribution in [-0.2, 0) is 9.59 Å². The Labute approximate surface area is 139 Å². The van der Waals surface area contributed by atoms with Gasteiger partial charge in [-0.1, -0.05) is 0 Å². The third-order valence-corrected chi connectivity index (χ3v) is 3.79. The minimum absolute atomic E-state index is 0.0150. The van der Waals surface area contributed by atoms with Crippen LogP contribution < -0.4 is 10.1 Å². The fraction of sp³-hybridized carbons (Fsp3) is 0.176. The molecular formula is C17H18N2O3S. The zero-order chi connectivity index (χ0) is 16.7. The van der Waals surface area contributed by atoms with Crippen molar-refractivity contribution in [3.63, 3.8) is 0 Å². The van der Waals surface area contributed by atoms with Gasteiger partial charge >= 0.3 is 0 Å². The van der Waals surface area contributed by atoms with Crippen molar-refractivity contribution in [2.75, 3.05) is 26.0 Å². The van der Waals surface area contributed by atoms with Gasteiger partial charge in [-0.2, -0.15) is 11.3 Å². The number of benzene rings is 1. The molecule has 2 rings (SSSR count). The molecule has 120 valence electrons. The van der Waals surface area contributed by atoms with Crippen molar-refractivity contribution in [2.24, 2.45) is 0 Å². The van der Waals surface area contributed by atoms with Crippen LogP contribution >= 0.6 is 11.3 Å². The molecule has 0 aliphatic carbocycles. The maximum Gasteiger partial charge on any atom is 0.246 e. The maximum atomic E-state index is 12.0. The van der Waals surface area contributed by atoms with Gasteiger partial charge < -0.3 is 15.0 Å². The lowest BCUT2D eigenvalue weighted by molar-refractivity contribution is -0.129. The number of carbonyl (C=O) groups is 2. The summed E-state index contributed by atoms with van der Waals surface area (Å²) in [6.45, 7) is -0.0150. The van der Waals surface area contributed by atoms with Crippen LogP contribution in [0.5, 0.6) is 5.75 Å². The smallest absolute Gasteiger partial charge is 0.246 e. The van der Waals surface area contributed by atoms with Crippen LogP contribution in [0.25, 0.3) is 6.08 Å². The van der Waals surface area contributed by atoms with E-state index < -0.39 is 0 Å². The Kier molecular flexibility index (Phi) is 5.94. The van der Waals surface area contributed by atoms with E-state index in [1.54, 1.807) is 55.8 Å². The van der Waals surface area contributed by atoms with Crippen LogP contribution in [0.15, 0.2) is 47.2 Å². The van der Waals surface area contributed by atoms with Crippen molar-refractivity contribution in [1.82, 2.24) is 4.90 Å². The van der Waals surface area contributed by atoms with Gasteiger partial charge in [0.1, 0.15) is 5.75 Å². The second-order valence-corrected chi connectivity index (χ2v) is 5.64. The summed E-state index contributed by atoms with van der Waals surface area (Å²) < 4.78 is 5.06. The van der Waals surface area contributed by atoms with Gasteiger partial charge in [-0.05, 0) is 52.7 Å². The van der Waals surface area contributed by atoms with E-state index in [1.807, 2.05) is 16.8 Å². The second kappa shape index (κ2) is 8.14. The highest BCUT2D eigenvalue weighted by Gasteiger charge is 2.10. The molecule has 0 bridgehead atoms. The predicted octanol–water partition coefficient (Wildman–Crippen LogP) is 2.87. The molecule has 0 unspecified atom stereocenters. The zero-order valence-corrected chi connectivity index (χ0v) is 13.8. The Balaban J connectivity index is 1.84. The first-order valence-corrected chi connectivity index (χ1v) is 7.92. The molecule has 0 aliphatic rings. The van der Waals surface area contributed by atoms with Gasteiger partial charge in [-0.3, -0.25) is 9.59 Å². The first kappa shape index (κ1) is 16.8. The summed E-state index contributed by atoms with van der Waals surface area (Å²) in [5.41, 5.74) is 1.63. The highest BCUT2D eigenvalue weighted by molar-refractivity contribution is 7.08. The number of ether oxygens (including phenoxy) is 1. The van der Waals surface area contributed by atoms with E-state index in [0.29, 0.717) is 11.4 Å². The zero-order valence-electron chi connectivity index (χ0n) is 13.0. The molecule has 23 heavy (non-hydrogen) atoms. The van der Waals surface area contributed by atoms with Crippen molar-refractivity contribution in [1.29, 1.82) is 0 Å². The average Bonchev–Trinajstić information content (AvgIpc) is 3.06. The Morgan fingerprint density at radius 1 is 1.26 bits per heavy atom. The summed E-state index contributed by atoms with van der Waals surface area (Å²) in [5.74, 6) is 0.241. The molecule has 0 fully saturated rings. The monoisotopic (exact) mass is 330 g/mol. The first-order valence-electron chi connectivity index (χ1n) is 6.98. The summed E-state index contributed by atoms with van der Waals surface area (Å²) >= 11 is 1.56. The van der Waals surface area contributed by atoms with E-state index in [1.165, 1.54) is 11.0 Å². The van der Waals surface area contributed by atoms with Crippen molar-refractivity contribution >= 4 is 34.9 Å². The number of hydrogen-bond acceptors (Lipinski definition) is 4. The van der Waals surface area contributed by atoms with Gasteiger partial charge in [0, 0.05) is 18.8 Å². The summed E-state index contributed by atoms with van der Waals surface area (Å²) in [7, 11) is 3.17. The summed E-state index contributed by atoms with van der Waals surface area (Å²) in [6.07, 6.45) is 3.19. The van der Waals surface area contributed by atoms with Gasteiger partial charge in [0.05, 0.1) is 13.7 Å². The minimum atomic E-state index is -0.255. The van der Waals surface area contributed by atoms with Crippen molar-refractivity contribution in [3.05, 3.63) is 52.7 Å². The summed E-state index contributed by atoms with van der Waals surface area (Å²) in [5, 5.41) is 6.62. The van der Waals surface area contributed by atoms with Crippen LogP contribution in [0.3, 0.4) is 0 Å². The Bertz CT molecular complexity index is 678. The molecule has 0 saturated heterocycles. The maximum absolute atomic E-state index is 12.0. The van der Waals surface area contributed by atoms with Crippen molar-refractivity contribution < 1.29 is 14.3 Å². The number of amides is 2. The largest absolute Gasteiger partial charge is 0.497 e. The standard InChI is InChI=1S/C17H18N2O3S/c1-19(17(21)8-3-13-9-10-23-12-13)11-16(20)18-14-4-6-15(22-2)7-5-14/h3-10,12H,11H2,1-2H3,(H,18,20)/b8-3+. The molecule has 0 aliphatic heterocycles. The number of rotatable bonds is 6. The van der Waals surface area contributed by atoms with Gasteiger partial charge in [0.2, 0.25) is 11.8 Å². The quantitative estimate of drug-likeness (QED) is 0.829. The van der Waals surface area contributed by atoms with Crippen LogP contribution in [0.1, 0.15) is 5.56 Å². The molecule has 2 amide bonds. The first-order chi connectivity index (χ1) is 11.1. The molecular weight excluding hydrogens is 312 g/mol. The molecule has 1 N–H and O–H groups in total. The van der Waals surface area contributed by atoms with E-state index in [4.69, 9.17) is 4.74 Å². The van der Waals surface area contributed by atoms with E-state index in [9.17, 15) is 9.59 Å². The predicted molar refractivity (Wildman–Crippen MR) is 92.6 cm³/mol. The number of thiophene rings is 1. The fourth-order valence-corrected chi connectivity index (χ4v) is 2.46. The van der Waals surface area contributed by atoms with Gasteiger partial charge in [0.25, 0.3) is 0 Å². The number of nitrogens with one attached hydrogen (secondary N) is 1. The Morgan fingerprint density at radius 3 is 2.61 bits per heavy atom. The van der Waals surface area contributed by atoms with Crippen molar-refractivity contribution in [2.45, 2.75) is 0 Å². The van der Waals surface area contributed by atoms with Crippen LogP contribution in [0.4, 0.5) is 5.69 Å². The van der Waals surface area contributed by atoms with Gasteiger partial charge in [-0.25, -0.2) is 0 Å². The molecule has 6 heteroatoms. The molecule has 1 heterocycles. The van der Waals surface area contributed by atoms with E-state index in [-0.39, 0.29) is 18.4 Å². The Hall–Kier alpha value is -2.60. The number of hydrogen-bond donors (Lipinski definition) is 1. The van der Waals surface area contributed by atoms with E-state index >= 15 is 0 Å².